The molecule has 1 atom stereocenters. The Morgan fingerprint density at radius 1 is 1.29 bits per heavy atom. The van der Waals surface area contributed by atoms with Crippen LogP contribution in [0.25, 0.3) is 0 Å². The quantitative estimate of drug-likeness (QED) is 0.664. The Morgan fingerprint density at radius 2 is 2.00 bits per heavy atom. The van der Waals surface area contributed by atoms with E-state index in [9.17, 15) is 9.59 Å². The van der Waals surface area contributed by atoms with Crippen molar-refractivity contribution in [3.8, 4) is 5.75 Å². The van der Waals surface area contributed by atoms with Crippen LogP contribution in [0, 0.1) is 0 Å². The number of hydrogen-bond donors (Lipinski definition) is 3. The second-order valence-corrected chi connectivity index (χ2v) is 4.31. The van der Waals surface area contributed by atoms with E-state index in [1.54, 1.807) is 13.2 Å². The standard InChI is InChI=1S/C14H20N2O5/c1-20-8-7-11(13(17)18)16-14(19)15-9-10-5-3-4-6-12(10)21-2/h3-6,11H,7-9H2,1-2H3,(H,17,18)(H2,15,16,19). The lowest BCUT2D eigenvalue weighted by molar-refractivity contribution is -0.139. The zero-order valence-electron chi connectivity index (χ0n) is 12.1. The number of carbonyl (C=O) groups is 2. The van der Waals surface area contributed by atoms with E-state index in [0.717, 1.165) is 5.56 Å². The fourth-order valence-electron chi connectivity index (χ4n) is 1.73. The van der Waals surface area contributed by atoms with Gasteiger partial charge in [-0.1, -0.05) is 18.2 Å². The van der Waals surface area contributed by atoms with Crippen molar-refractivity contribution < 1.29 is 24.2 Å². The molecule has 0 aliphatic rings. The highest BCUT2D eigenvalue weighted by Crippen LogP contribution is 2.16. The molecule has 21 heavy (non-hydrogen) atoms. The molecular formula is C14H20N2O5. The highest BCUT2D eigenvalue weighted by atomic mass is 16.5. The lowest BCUT2D eigenvalue weighted by Gasteiger charge is -2.15. The van der Waals surface area contributed by atoms with Gasteiger partial charge < -0.3 is 25.2 Å². The molecule has 0 saturated heterocycles. The number of nitrogens with one attached hydrogen (secondary N) is 2. The Morgan fingerprint density at radius 3 is 2.62 bits per heavy atom. The molecule has 1 aromatic rings. The number of methoxy groups -OCH3 is 2. The largest absolute Gasteiger partial charge is 0.496 e. The number of urea groups is 1. The van der Waals surface area contributed by atoms with Crippen molar-refractivity contribution >= 4 is 12.0 Å². The third-order valence-electron chi connectivity index (χ3n) is 2.85. The van der Waals surface area contributed by atoms with E-state index in [1.807, 2.05) is 18.2 Å². The molecule has 0 saturated carbocycles. The van der Waals surface area contributed by atoms with Gasteiger partial charge in [-0.3, -0.25) is 0 Å². The highest BCUT2D eigenvalue weighted by molar-refractivity contribution is 5.82. The fraction of sp³-hybridized carbons (Fsp3) is 0.429. The van der Waals surface area contributed by atoms with Crippen LogP contribution in [0.3, 0.4) is 0 Å². The van der Waals surface area contributed by atoms with Gasteiger partial charge in [-0.05, 0) is 6.07 Å². The Bertz CT molecular complexity index is 478. The second-order valence-electron chi connectivity index (χ2n) is 4.31. The van der Waals surface area contributed by atoms with Crippen molar-refractivity contribution in [3.05, 3.63) is 29.8 Å². The smallest absolute Gasteiger partial charge is 0.326 e. The molecule has 0 aromatic heterocycles. The Labute approximate surface area is 123 Å². The summed E-state index contributed by atoms with van der Waals surface area (Å²) < 4.78 is 9.98. The van der Waals surface area contributed by atoms with Crippen LogP contribution in [0.5, 0.6) is 5.75 Å². The van der Waals surface area contributed by atoms with Crippen molar-refractivity contribution in [1.29, 1.82) is 0 Å². The number of benzene rings is 1. The predicted molar refractivity (Wildman–Crippen MR) is 76.3 cm³/mol. The highest BCUT2D eigenvalue weighted by Gasteiger charge is 2.19. The maximum absolute atomic E-state index is 11.7. The molecule has 0 aliphatic heterocycles. The fourth-order valence-corrected chi connectivity index (χ4v) is 1.73. The molecule has 116 valence electrons. The van der Waals surface area contributed by atoms with Crippen molar-refractivity contribution in [2.75, 3.05) is 20.8 Å². The number of carboxylic acid groups (broad SMARTS) is 1. The monoisotopic (exact) mass is 296 g/mol. The van der Waals surface area contributed by atoms with Gasteiger partial charge in [0.15, 0.2) is 0 Å². The molecule has 0 aliphatic carbocycles. The normalized spacial score (nSPS) is 11.5. The molecule has 0 heterocycles. The Hall–Kier alpha value is -2.28. The summed E-state index contributed by atoms with van der Waals surface area (Å²) in [4.78, 5) is 22.7. The zero-order chi connectivity index (χ0) is 15.7. The molecule has 0 bridgehead atoms. The number of carbonyl (C=O) groups excluding carboxylic acids is 1. The van der Waals surface area contributed by atoms with Crippen LogP contribution >= 0.6 is 0 Å². The summed E-state index contributed by atoms with van der Waals surface area (Å²) in [5.41, 5.74) is 0.805. The summed E-state index contributed by atoms with van der Waals surface area (Å²) in [6.07, 6.45) is 0.202. The van der Waals surface area contributed by atoms with Crippen molar-refractivity contribution in [2.24, 2.45) is 0 Å². The van der Waals surface area contributed by atoms with Crippen LogP contribution in [0.2, 0.25) is 0 Å². The van der Waals surface area contributed by atoms with Crippen molar-refractivity contribution in [3.63, 3.8) is 0 Å². The minimum atomic E-state index is -1.10. The van der Waals surface area contributed by atoms with Gasteiger partial charge in [-0.25, -0.2) is 9.59 Å². The number of rotatable bonds is 8. The van der Waals surface area contributed by atoms with Gasteiger partial charge in [-0.2, -0.15) is 0 Å². The van der Waals surface area contributed by atoms with Crippen molar-refractivity contribution in [2.45, 2.75) is 19.0 Å². The molecule has 7 nitrogen and oxygen atoms in total. The van der Waals surface area contributed by atoms with E-state index in [-0.39, 0.29) is 19.6 Å². The van der Waals surface area contributed by atoms with Gasteiger partial charge in [0.25, 0.3) is 0 Å². The zero-order valence-corrected chi connectivity index (χ0v) is 12.1. The summed E-state index contributed by atoms with van der Waals surface area (Å²) in [7, 11) is 3.02. The van der Waals surface area contributed by atoms with Gasteiger partial charge >= 0.3 is 12.0 Å². The number of aliphatic carboxylic acids is 1. The second kappa shape index (κ2) is 8.80. The van der Waals surface area contributed by atoms with Gasteiger partial charge in [0.05, 0.1) is 7.11 Å². The van der Waals surface area contributed by atoms with Crippen LogP contribution in [0.15, 0.2) is 24.3 Å². The molecule has 1 rings (SSSR count). The molecular weight excluding hydrogens is 276 g/mol. The van der Waals surface area contributed by atoms with E-state index in [0.29, 0.717) is 5.75 Å². The first-order valence-corrected chi connectivity index (χ1v) is 6.46. The number of amides is 2. The van der Waals surface area contributed by atoms with Crippen LogP contribution in [-0.2, 0) is 16.1 Å². The summed E-state index contributed by atoms with van der Waals surface area (Å²) in [5, 5.41) is 14.0. The summed E-state index contributed by atoms with van der Waals surface area (Å²) in [6, 6.07) is 5.72. The predicted octanol–water partition coefficient (Wildman–Crippen LogP) is 0.984. The Kier molecular flexibility index (Phi) is 7.03. The van der Waals surface area contributed by atoms with Gasteiger partial charge in [0, 0.05) is 32.2 Å². The summed E-state index contributed by atoms with van der Waals surface area (Å²) in [6.45, 7) is 0.496. The summed E-state index contributed by atoms with van der Waals surface area (Å²) >= 11 is 0. The van der Waals surface area contributed by atoms with Gasteiger partial charge in [-0.15, -0.1) is 0 Å². The van der Waals surface area contributed by atoms with Crippen LogP contribution in [0.4, 0.5) is 4.79 Å². The average Bonchev–Trinajstić information content (AvgIpc) is 2.49. The van der Waals surface area contributed by atoms with E-state index < -0.39 is 18.0 Å². The number of ether oxygens (including phenoxy) is 2. The third-order valence-corrected chi connectivity index (χ3v) is 2.85. The SMILES string of the molecule is COCCC(NC(=O)NCc1ccccc1OC)C(=O)O. The van der Waals surface area contributed by atoms with Crippen LogP contribution in [-0.4, -0.2) is 44.0 Å². The number of carboxylic acids is 1. The molecule has 2 amide bonds. The maximum atomic E-state index is 11.7. The van der Waals surface area contributed by atoms with Crippen LogP contribution < -0.4 is 15.4 Å². The molecule has 3 N–H and O–H groups in total. The first kappa shape index (κ1) is 16.8. The molecule has 0 radical (unpaired) electrons. The summed E-state index contributed by atoms with van der Waals surface area (Å²) in [5.74, 6) is -0.438. The average molecular weight is 296 g/mol. The minimum Gasteiger partial charge on any atom is -0.496 e. The van der Waals surface area contributed by atoms with Gasteiger partial charge in [0.2, 0.25) is 0 Å². The van der Waals surface area contributed by atoms with E-state index in [2.05, 4.69) is 10.6 Å². The molecule has 7 heteroatoms. The molecule has 1 unspecified atom stereocenters. The minimum absolute atomic E-state index is 0.202. The van der Waals surface area contributed by atoms with Crippen LogP contribution in [0.1, 0.15) is 12.0 Å². The number of para-hydroxylation sites is 1. The Balaban J connectivity index is 2.50. The molecule has 0 fully saturated rings. The number of hydrogen-bond acceptors (Lipinski definition) is 4. The van der Waals surface area contributed by atoms with Crippen molar-refractivity contribution in [1.82, 2.24) is 10.6 Å². The maximum Gasteiger partial charge on any atom is 0.326 e. The molecule has 0 spiro atoms. The lowest BCUT2D eigenvalue weighted by Crippen LogP contribution is -2.46. The molecule has 1 aromatic carbocycles. The first-order chi connectivity index (χ1) is 10.1. The van der Waals surface area contributed by atoms with E-state index in [4.69, 9.17) is 14.6 Å². The topological polar surface area (TPSA) is 96.9 Å². The van der Waals surface area contributed by atoms with E-state index in [1.165, 1.54) is 7.11 Å². The first-order valence-electron chi connectivity index (χ1n) is 6.46. The van der Waals surface area contributed by atoms with Gasteiger partial charge in [0.1, 0.15) is 11.8 Å². The third kappa shape index (κ3) is 5.70. The van der Waals surface area contributed by atoms with E-state index >= 15 is 0 Å². The lowest BCUT2D eigenvalue weighted by atomic mass is 10.2.